The highest BCUT2D eigenvalue weighted by molar-refractivity contribution is 5.74. The highest BCUT2D eigenvalue weighted by Gasteiger charge is 2.22. The van der Waals surface area contributed by atoms with Gasteiger partial charge in [0.1, 0.15) is 0 Å². The van der Waals surface area contributed by atoms with Gasteiger partial charge in [-0.25, -0.2) is 4.79 Å². The van der Waals surface area contributed by atoms with Gasteiger partial charge in [-0.15, -0.1) is 0 Å². The summed E-state index contributed by atoms with van der Waals surface area (Å²) < 4.78 is 5.55. The lowest BCUT2D eigenvalue weighted by atomic mass is 10.2. The van der Waals surface area contributed by atoms with Crippen molar-refractivity contribution in [1.29, 1.82) is 5.26 Å². The molecule has 1 heterocycles. The van der Waals surface area contributed by atoms with E-state index in [4.69, 9.17) is 10.00 Å². The SMILES string of the molecule is CCCCCNC(=O)N(CCC#N)CC1CCCO1. The van der Waals surface area contributed by atoms with Crippen LogP contribution in [-0.2, 0) is 4.74 Å². The van der Waals surface area contributed by atoms with Gasteiger partial charge in [0.15, 0.2) is 0 Å². The Balaban J connectivity index is 2.33. The van der Waals surface area contributed by atoms with Crippen molar-refractivity contribution in [3.8, 4) is 6.07 Å². The van der Waals surface area contributed by atoms with Crippen molar-refractivity contribution in [3.05, 3.63) is 0 Å². The molecule has 1 aliphatic heterocycles. The van der Waals surface area contributed by atoms with Crippen LogP contribution in [0.2, 0.25) is 0 Å². The first-order valence-corrected chi connectivity index (χ1v) is 7.29. The zero-order valence-electron chi connectivity index (χ0n) is 11.9. The van der Waals surface area contributed by atoms with Crippen LogP contribution in [0.15, 0.2) is 0 Å². The molecule has 5 nitrogen and oxygen atoms in total. The molecular formula is C14H25N3O2. The highest BCUT2D eigenvalue weighted by Crippen LogP contribution is 2.13. The fraction of sp³-hybridized carbons (Fsp3) is 0.857. The Labute approximate surface area is 115 Å². The van der Waals surface area contributed by atoms with Crippen LogP contribution in [0.4, 0.5) is 4.79 Å². The van der Waals surface area contributed by atoms with E-state index in [9.17, 15) is 4.79 Å². The van der Waals surface area contributed by atoms with Crippen LogP contribution < -0.4 is 5.32 Å². The van der Waals surface area contributed by atoms with Crippen LogP contribution in [0, 0.1) is 11.3 Å². The monoisotopic (exact) mass is 267 g/mol. The third-order valence-corrected chi connectivity index (χ3v) is 3.29. The number of unbranched alkanes of at least 4 members (excludes halogenated alkanes) is 2. The molecule has 0 spiro atoms. The Morgan fingerprint density at radius 1 is 1.53 bits per heavy atom. The van der Waals surface area contributed by atoms with Crippen molar-refractivity contribution in [3.63, 3.8) is 0 Å². The normalized spacial score (nSPS) is 18.0. The first kappa shape index (κ1) is 15.8. The largest absolute Gasteiger partial charge is 0.376 e. The Morgan fingerprint density at radius 3 is 3.00 bits per heavy atom. The zero-order valence-corrected chi connectivity index (χ0v) is 11.9. The minimum Gasteiger partial charge on any atom is -0.376 e. The molecule has 1 N–H and O–H groups in total. The number of urea groups is 1. The topological polar surface area (TPSA) is 65.4 Å². The van der Waals surface area contributed by atoms with E-state index in [0.29, 0.717) is 26.1 Å². The van der Waals surface area contributed by atoms with Gasteiger partial charge in [-0.1, -0.05) is 19.8 Å². The van der Waals surface area contributed by atoms with E-state index in [-0.39, 0.29) is 12.1 Å². The smallest absolute Gasteiger partial charge is 0.317 e. The molecule has 0 saturated carbocycles. The average Bonchev–Trinajstić information content (AvgIpc) is 2.92. The Kier molecular flexibility index (Phi) is 7.99. The summed E-state index contributed by atoms with van der Waals surface area (Å²) >= 11 is 0. The minimum atomic E-state index is -0.0677. The van der Waals surface area contributed by atoms with Crippen LogP contribution in [0.3, 0.4) is 0 Å². The van der Waals surface area contributed by atoms with Crippen molar-refractivity contribution >= 4 is 6.03 Å². The molecule has 1 aliphatic rings. The van der Waals surface area contributed by atoms with Gasteiger partial charge in [0.2, 0.25) is 0 Å². The van der Waals surface area contributed by atoms with Crippen LogP contribution in [-0.4, -0.2) is 43.3 Å². The molecule has 0 aromatic carbocycles. The maximum Gasteiger partial charge on any atom is 0.317 e. The fourth-order valence-corrected chi connectivity index (χ4v) is 2.18. The van der Waals surface area contributed by atoms with Crippen LogP contribution in [0.1, 0.15) is 45.4 Å². The lowest BCUT2D eigenvalue weighted by molar-refractivity contribution is 0.0818. The summed E-state index contributed by atoms with van der Waals surface area (Å²) in [6.07, 6.45) is 5.86. The second-order valence-corrected chi connectivity index (χ2v) is 4.93. The van der Waals surface area contributed by atoms with Crippen LogP contribution >= 0.6 is 0 Å². The van der Waals surface area contributed by atoms with Gasteiger partial charge >= 0.3 is 6.03 Å². The first-order chi connectivity index (χ1) is 9.27. The predicted octanol–water partition coefficient (Wildman–Crippen LogP) is 2.28. The van der Waals surface area contributed by atoms with Gasteiger partial charge in [-0.2, -0.15) is 5.26 Å². The first-order valence-electron chi connectivity index (χ1n) is 7.29. The Bertz CT molecular complexity index is 296. The van der Waals surface area contributed by atoms with E-state index >= 15 is 0 Å². The van der Waals surface area contributed by atoms with E-state index in [2.05, 4.69) is 18.3 Å². The molecule has 5 heteroatoms. The summed E-state index contributed by atoms with van der Waals surface area (Å²) in [7, 11) is 0. The van der Waals surface area contributed by atoms with Crippen molar-refractivity contribution in [2.24, 2.45) is 0 Å². The van der Waals surface area contributed by atoms with Gasteiger partial charge in [0, 0.05) is 26.2 Å². The van der Waals surface area contributed by atoms with Crippen LogP contribution in [0.25, 0.3) is 0 Å². The number of ether oxygens (including phenoxy) is 1. The molecule has 0 aromatic heterocycles. The van der Waals surface area contributed by atoms with Crippen molar-refractivity contribution in [2.75, 3.05) is 26.2 Å². The molecule has 1 unspecified atom stereocenters. The van der Waals surface area contributed by atoms with Crippen molar-refractivity contribution in [2.45, 2.75) is 51.6 Å². The summed E-state index contributed by atoms with van der Waals surface area (Å²) in [5, 5.41) is 11.6. The molecule has 0 bridgehead atoms. The number of carbonyl (C=O) groups excluding carboxylic acids is 1. The van der Waals surface area contributed by atoms with E-state index in [0.717, 1.165) is 38.7 Å². The van der Waals surface area contributed by atoms with E-state index in [1.807, 2.05) is 0 Å². The standard InChI is InChI=1S/C14H25N3O2/c1-2-3-4-9-16-14(18)17(10-6-8-15)12-13-7-5-11-19-13/h13H,2-7,9-12H2,1H3,(H,16,18). The van der Waals surface area contributed by atoms with E-state index in [1.165, 1.54) is 0 Å². The number of hydrogen-bond acceptors (Lipinski definition) is 3. The molecule has 1 rings (SSSR count). The van der Waals surface area contributed by atoms with Gasteiger partial charge < -0.3 is 15.0 Å². The van der Waals surface area contributed by atoms with E-state index < -0.39 is 0 Å². The molecule has 2 amide bonds. The highest BCUT2D eigenvalue weighted by atomic mass is 16.5. The molecule has 0 radical (unpaired) electrons. The third kappa shape index (κ3) is 6.44. The lowest BCUT2D eigenvalue weighted by Gasteiger charge is -2.24. The Morgan fingerprint density at radius 2 is 2.37 bits per heavy atom. The quantitative estimate of drug-likeness (QED) is 0.686. The molecule has 19 heavy (non-hydrogen) atoms. The second kappa shape index (κ2) is 9.62. The molecular weight excluding hydrogens is 242 g/mol. The van der Waals surface area contributed by atoms with Crippen molar-refractivity contribution in [1.82, 2.24) is 10.2 Å². The molecule has 1 saturated heterocycles. The summed E-state index contributed by atoms with van der Waals surface area (Å²) in [5.41, 5.74) is 0. The lowest BCUT2D eigenvalue weighted by Crippen LogP contribution is -2.44. The number of nitrogens with one attached hydrogen (secondary N) is 1. The number of nitrogens with zero attached hydrogens (tertiary/aromatic N) is 2. The molecule has 1 atom stereocenters. The number of nitriles is 1. The zero-order chi connectivity index (χ0) is 13.9. The number of rotatable bonds is 8. The molecule has 0 aromatic rings. The molecule has 108 valence electrons. The summed E-state index contributed by atoms with van der Waals surface area (Å²) in [6, 6.07) is 2.02. The maximum atomic E-state index is 12.0. The predicted molar refractivity (Wildman–Crippen MR) is 73.7 cm³/mol. The van der Waals surface area contributed by atoms with Gasteiger partial charge in [-0.3, -0.25) is 0 Å². The van der Waals surface area contributed by atoms with Crippen molar-refractivity contribution < 1.29 is 9.53 Å². The number of carbonyl (C=O) groups is 1. The molecule has 0 aliphatic carbocycles. The van der Waals surface area contributed by atoms with E-state index in [1.54, 1.807) is 4.90 Å². The third-order valence-electron chi connectivity index (χ3n) is 3.29. The minimum absolute atomic E-state index is 0.0677. The van der Waals surface area contributed by atoms with Gasteiger partial charge in [0.25, 0.3) is 0 Å². The summed E-state index contributed by atoms with van der Waals surface area (Å²) in [4.78, 5) is 13.8. The number of hydrogen-bond donors (Lipinski definition) is 1. The van der Waals surface area contributed by atoms with Gasteiger partial charge in [0.05, 0.1) is 18.6 Å². The maximum absolute atomic E-state index is 12.0. The fourth-order valence-electron chi connectivity index (χ4n) is 2.18. The van der Waals surface area contributed by atoms with Crippen LogP contribution in [0.5, 0.6) is 0 Å². The average molecular weight is 267 g/mol. The summed E-state index contributed by atoms with van der Waals surface area (Å²) in [6.45, 7) is 4.71. The second-order valence-electron chi connectivity index (χ2n) is 4.93. The Hall–Kier alpha value is -1.28. The van der Waals surface area contributed by atoms with Gasteiger partial charge in [-0.05, 0) is 19.3 Å². The molecule has 1 fully saturated rings. The number of amides is 2. The summed E-state index contributed by atoms with van der Waals surface area (Å²) in [5.74, 6) is 0.